The highest BCUT2D eigenvalue weighted by Gasteiger charge is 2.15. The van der Waals surface area contributed by atoms with Gasteiger partial charge in [0.05, 0.1) is 11.4 Å². The van der Waals surface area contributed by atoms with Crippen LogP contribution in [-0.4, -0.2) is 19.1 Å². The molecule has 1 aliphatic rings. The third kappa shape index (κ3) is 5.34. The number of azo groups is 1. The minimum atomic E-state index is -0.204. The number of aryl methyl sites for hydroxylation is 1. The summed E-state index contributed by atoms with van der Waals surface area (Å²) in [6.45, 7) is 8.65. The first-order valence-electron chi connectivity index (χ1n) is 11.4. The second kappa shape index (κ2) is 9.94. The van der Waals surface area contributed by atoms with E-state index in [1.807, 2.05) is 42.5 Å². The molecule has 0 saturated carbocycles. The van der Waals surface area contributed by atoms with Crippen molar-refractivity contribution in [3.8, 4) is 0 Å². The Bertz CT molecular complexity index is 1050. The first-order valence-corrected chi connectivity index (χ1v) is 11.4. The molecule has 4 nitrogen and oxygen atoms in total. The van der Waals surface area contributed by atoms with Gasteiger partial charge in [-0.3, -0.25) is 0 Å². The molecule has 1 fully saturated rings. The van der Waals surface area contributed by atoms with Gasteiger partial charge in [-0.15, -0.1) is 0 Å². The molecule has 0 aliphatic carbocycles. The molecule has 1 aliphatic heterocycles. The van der Waals surface area contributed by atoms with E-state index in [0.717, 1.165) is 41.3 Å². The van der Waals surface area contributed by atoms with E-state index in [1.165, 1.54) is 30.7 Å². The van der Waals surface area contributed by atoms with Gasteiger partial charge in [0.25, 0.3) is 0 Å². The van der Waals surface area contributed by atoms with Crippen molar-refractivity contribution in [1.29, 1.82) is 0 Å². The molecule has 3 aromatic rings. The number of halogens is 1. The van der Waals surface area contributed by atoms with Crippen molar-refractivity contribution in [1.82, 2.24) is 0 Å². The van der Waals surface area contributed by atoms with Crippen LogP contribution >= 0.6 is 0 Å². The van der Waals surface area contributed by atoms with Crippen LogP contribution in [-0.2, 0) is 0 Å². The zero-order chi connectivity index (χ0) is 22.5. The summed E-state index contributed by atoms with van der Waals surface area (Å²) in [5.41, 5.74) is 6.25. The smallest absolute Gasteiger partial charge is 0.123 e. The lowest BCUT2D eigenvalue weighted by Crippen LogP contribution is -2.22. The molecule has 1 heterocycles. The van der Waals surface area contributed by atoms with Crippen LogP contribution in [0.5, 0.6) is 0 Å². The van der Waals surface area contributed by atoms with Gasteiger partial charge in [-0.2, -0.15) is 10.2 Å². The van der Waals surface area contributed by atoms with E-state index in [-0.39, 0.29) is 17.8 Å². The van der Waals surface area contributed by atoms with Gasteiger partial charge >= 0.3 is 0 Å². The predicted molar refractivity (Wildman–Crippen MR) is 131 cm³/mol. The molecule has 1 N–H and O–H groups in total. The van der Waals surface area contributed by atoms with Crippen LogP contribution < -0.4 is 10.2 Å². The minimum Gasteiger partial charge on any atom is -0.382 e. The monoisotopic (exact) mass is 430 g/mol. The quantitative estimate of drug-likeness (QED) is 0.389. The van der Waals surface area contributed by atoms with E-state index >= 15 is 0 Å². The Morgan fingerprint density at radius 2 is 1.47 bits per heavy atom. The molecule has 0 bridgehead atoms. The van der Waals surface area contributed by atoms with Gasteiger partial charge in [0.2, 0.25) is 0 Å². The summed E-state index contributed by atoms with van der Waals surface area (Å²) in [5, 5.41) is 12.4. The first-order chi connectivity index (χ1) is 15.5. The molecule has 32 heavy (non-hydrogen) atoms. The van der Waals surface area contributed by atoms with Crippen LogP contribution in [0.25, 0.3) is 0 Å². The lowest BCUT2D eigenvalue weighted by molar-refractivity contribution is 0.619. The molecule has 4 rings (SSSR count). The topological polar surface area (TPSA) is 40.0 Å². The molecule has 0 radical (unpaired) electrons. The minimum absolute atomic E-state index is 0.195. The van der Waals surface area contributed by atoms with Gasteiger partial charge in [-0.05, 0) is 92.4 Å². The number of hydrogen-bond acceptors (Lipinski definition) is 4. The Labute approximate surface area is 190 Å². The fourth-order valence-corrected chi connectivity index (χ4v) is 4.12. The zero-order valence-corrected chi connectivity index (χ0v) is 19.1. The Morgan fingerprint density at radius 1 is 0.844 bits per heavy atom. The van der Waals surface area contributed by atoms with E-state index in [9.17, 15) is 4.39 Å². The van der Waals surface area contributed by atoms with Gasteiger partial charge in [-0.1, -0.05) is 19.1 Å². The molecule has 1 saturated heterocycles. The second-order valence-electron chi connectivity index (χ2n) is 8.68. The Morgan fingerprint density at radius 3 is 2.12 bits per heavy atom. The van der Waals surface area contributed by atoms with E-state index < -0.39 is 0 Å². The Balaban J connectivity index is 1.38. The number of rotatable bonds is 7. The Kier molecular flexibility index (Phi) is 6.84. The van der Waals surface area contributed by atoms with Crippen LogP contribution in [0, 0.1) is 12.7 Å². The molecule has 0 spiro atoms. The van der Waals surface area contributed by atoms with Gasteiger partial charge < -0.3 is 10.2 Å². The van der Waals surface area contributed by atoms with Gasteiger partial charge in [-0.25, -0.2) is 4.39 Å². The van der Waals surface area contributed by atoms with E-state index in [1.54, 1.807) is 0 Å². The number of anilines is 2. The molecular formula is C27H31FN4. The van der Waals surface area contributed by atoms with Crippen molar-refractivity contribution in [3.05, 3.63) is 83.7 Å². The molecule has 166 valence electrons. The summed E-state index contributed by atoms with van der Waals surface area (Å²) in [7, 11) is 0. The van der Waals surface area contributed by atoms with Crippen LogP contribution in [0.1, 0.15) is 43.7 Å². The normalized spacial score (nSPS) is 15.8. The fourth-order valence-electron chi connectivity index (χ4n) is 4.12. The summed E-state index contributed by atoms with van der Waals surface area (Å²) in [6.07, 6.45) is 2.55. The summed E-state index contributed by atoms with van der Waals surface area (Å²) in [5.74, 6) is 0.0441. The standard InChI is InChI=1S/C27H31FN4/c1-19-18-25(31-30-24-10-13-26(14-11-24)32-16-4-5-17-32)12-15-27(19)29-21(3)20(2)22-6-8-23(28)9-7-22/h6-15,18,20-21,29H,4-5,16-17H2,1-3H3. The highest BCUT2D eigenvalue weighted by molar-refractivity contribution is 5.58. The highest BCUT2D eigenvalue weighted by Crippen LogP contribution is 2.28. The number of benzene rings is 3. The maximum Gasteiger partial charge on any atom is 0.123 e. The third-order valence-electron chi connectivity index (χ3n) is 6.34. The molecular weight excluding hydrogens is 399 g/mol. The van der Waals surface area contributed by atoms with Crippen molar-refractivity contribution in [2.45, 2.75) is 45.6 Å². The maximum absolute atomic E-state index is 13.2. The summed E-state index contributed by atoms with van der Waals surface area (Å²) in [6, 6.07) is 21.3. The summed E-state index contributed by atoms with van der Waals surface area (Å²) in [4.78, 5) is 2.41. The molecule has 5 heteroatoms. The van der Waals surface area contributed by atoms with Crippen molar-refractivity contribution < 1.29 is 4.39 Å². The number of nitrogens with zero attached hydrogens (tertiary/aromatic N) is 3. The number of nitrogens with one attached hydrogen (secondary N) is 1. The van der Waals surface area contributed by atoms with E-state index in [0.29, 0.717) is 0 Å². The molecule has 2 atom stereocenters. The van der Waals surface area contributed by atoms with Crippen molar-refractivity contribution in [2.75, 3.05) is 23.3 Å². The van der Waals surface area contributed by atoms with Crippen LogP contribution in [0.3, 0.4) is 0 Å². The lowest BCUT2D eigenvalue weighted by atomic mass is 9.94. The number of hydrogen-bond donors (Lipinski definition) is 1. The second-order valence-corrected chi connectivity index (χ2v) is 8.68. The van der Waals surface area contributed by atoms with Crippen LogP contribution in [0.4, 0.5) is 27.1 Å². The lowest BCUT2D eigenvalue weighted by Gasteiger charge is -2.24. The maximum atomic E-state index is 13.2. The average molecular weight is 431 g/mol. The summed E-state index contributed by atoms with van der Waals surface area (Å²) < 4.78 is 13.2. The van der Waals surface area contributed by atoms with E-state index in [4.69, 9.17) is 0 Å². The molecule has 2 unspecified atom stereocenters. The third-order valence-corrected chi connectivity index (χ3v) is 6.34. The molecule has 0 amide bonds. The zero-order valence-electron chi connectivity index (χ0n) is 19.1. The van der Waals surface area contributed by atoms with Gasteiger partial charge in [0.15, 0.2) is 0 Å². The Hall–Kier alpha value is -3.21. The van der Waals surface area contributed by atoms with Gasteiger partial charge in [0.1, 0.15) is 5.82 Å². The van der Waals surface area contributed by atoms with E-state index in [2.05, 4.69) is 53.3 Å². The van der Waals surface area contributed by atoms with Crippen LogP contribution in [0.15, 0.2) is 77.0 Å². The predicted octanol–water partition coefficient (Wildman–Crippen LogP) is 7.75. The molecule has 3 aromatic carbocycles. The largest absolute Gasteiger partial charge is 0.382 e. The summed E-state index contributed by atoms with van der Waals surface area (Å²) >= 11 is 0. The molecule has 0 aromatic heterocycles. The SMILES string of the molecule is Cc1cc(N=Nc2ccc(N3CCCC3)cc2)ccc1NC(C)C(C)c1ccc(F)cc1. The fraction of sp³-hybridized carbons (Fsp3) is 0.333. The van der Waals surface area contributed by atoms with Crippen molar-refractivity contribution in [2.24, 2.45) is 10.2 Å². The highest BCUT2D eigenvalue weighted by atomic mass is 19.1. The van der Waals surface area contributed by atoms with Crippen molar-refractivity contribution in [3.63, 3.8) is 0 Å². The first kappa shape index (κ1) is 22.0. The van der Waals surface area contributed by atoms with Crippen LogP contribution in [0.2, 0.25) is 0 Å². The average Bonchev–Trinajstić information content (AvgIpc) is 3.34. The van der Waals surface area contributed by atoms with Crippen molar-refractivity contribution >= 4 is 22.7 Å². The van der Waals surface area contributed by atoms with Gasteiger partial charge in [0, 0.05) is 36.4 Å².